The van der Waals surface area contributed by atoms with Gasteiger partial charge in [0, 0.05) is 19.6 Å². The Morgan fingerprint density at radius 2 is 2.08 bits per heavy atom. The van der Waals surface area contributed by atoms with Crippen LogP contribution in [0.25, 0.3) is 0 Å². The Labute approximate surface area is 76.6 Å². The Balaban J connectivity index is 1.93. The fraction of sp³-hybridized carbons (Fsp3) is 0.750. The van der Waals surface area contributed by atoms with Gasteiger partial charge in [-0.15, -0.1) is 0 Å². The van der Waals surface area contributed by atoms with Crippen molar-refractivity contribution >= 4 is 0 Å². The van der Waals surface area contributed by atoms with Crippen LogP contribution in [0.15, 0.2) is 4.63 Å². The quantitative estimate of drug-likeness (QED) is 0.656. The fourth-order valence-electron chi connectivity index (χ4n) is 1.36. The van der Waals surface area contributed by atoms with Gasteiger partial charge in [-0.3, -0.25) is 4.90 Å². The highest BCUT2D eigenvalue weighted by Gasteiger charge is 2.14. The van der Waals surface area contributed by atoms with Gasteiger partial charge in [0.05, 0.1) is 13.2 Å². The highest BCUT2D eigenvalue weighted by molar-refractivity contribution is 5.04. The highest BCUT2D eigenvalue weighted by atomic mass is 16.6. The van der Waals surface area contributed by atoms with E-state index < -0.39 is 0 Å². The van der Waals surface area contributed by atoms with Crippen LogP contribution in [-0.2, 0) is 11.3 Å². The van der Waals surface area contributed by atoms with E-state index in [2.05, 4.69) is 19.8 Å². The SMILES string of the molecule is Cc1nonc1CN1CCOCC1. The van der Waals surface area contributed by atoms with E-state index in [9.17, 15) is 0 Å². The summed E-state index contributed by atoms with van der Waals surface area (Å²) in [6, 6.07) is 0. The van der Waals surface area contributed by atoms with Gasteiger partial charge in [-0.05, 0) is 6.92 Å². The van der Waals surface area contributed by atoms with Crippen LogP contribution in [0.2, 0.25) is 0 Å². The largest absolute Gasteiger partial charge is 0.379 e. The molecule has 0 amide bonds. The first-order chi connectivity index (χ1) is 6.36. The molecule has 0 aromatic carbocycles. The van der Waals surface area contributed by atoms with E-state index in [0.29, 0.717) is 0 Å². The maximum absolute atomic E-state index is 5.25. The third-order valence-corrected chi connectivity index (χ3v) is 2.22. The van der Waals surface area contributed by atoms with E-state index in [4.69, 9.17) is 4.74 Å². The molecular formula is C8H13N3O2. The van der Waals surface area contributed by atoms with Gasteiger partial charge in [0.2, 0.25) is 0 Å². The summed E-state index contributed by atoms with van der Waals surface area (Å²) in [6.07, 6.45) is 0. The van der Waals surface area contributed by atoms with Crippen molar-refractivity contribution in [1.29, 1.82) is 0 Å². The van der Waals surface area contributed by atoms with Crippen LogP contribution in [0.1, 0.15) is 11.4 Å². The third-order valence-electron chi connectivity index (χ3n) is 2.22. The predicted molar refractivity (Wildman–Crippen MR) is 45.1 cm³/mol. The van der Waals surface area contributed by atoms with Gasteiger partial charge in [0.1, 0.15) is 11.4 Å². The summed E-state index contributed by atoms with van der Waals surface area (Å²) in [5.74, 6) is 0. The van der Waals surface area contributed by atoms with Gasteiger partial charge < -0.3 is 4.74 Å². The minimum Gasteiger partial charge on any atom is -0.379 e. The van der Waals surface area contributed by atoms with E-state index >= 15 is 0 Å². The first-order valence-electron chi connectivity index (χ1n) is 4.44. The van der Waals surface area contributed by atoms with Gasteiger partial charge >= 0.3 is 0 Å². The minimum atomic E-state index is 0.810. The van der Waals surface area contributed by atoms with Crippen LogP contribution < -0.4 is 0 Å². The first-order valence-corrected chi connectivity index (χ1v) is 4.44. The molecule has 0 atom stereocenters. The zero-order valence-electron chi connectivity index (χ0n) is 7.69. The third kappa shape index (κ3) is 2.05. The second kappa shape index (κ2) is 3.85. The molecule has 5 nitrogen and oxygen atoms in total. The summed E-state index contributed by atoms with van der Waals surface area (Å²) in [5, 5.41) is 7.58. The van der Waals surface area contributed by atoms with Crippen LogP contribution in [-0.4, -0.2) is 41.5 Å². The van der Waals surface area contributed by atoms with Crippen molar-refractivity contribution in [3.8, 4) is 0 Å². The van der Waals surface area contributed by atoms with Crippen LogP contribution in [0.4, 0.5) is 0 Å². The van der Waals surface area contributed by atoms with Crippen molar-refractivity contribution in [3.05, 3.63) is 11.4 Å². The number of aryl methyl sites for hydroxylation is 1. The average Bonchev–Trinajstić information content (AvgIpc) is 2.54. The van der Waals surface area contributed by atoms with E-state index in [1.165, 1.54) is 0 Å². The molecule has 0 unspecified atom stereocenters. The molecule has 13 heavy (non-hydrogen) atoms. The number of hydrogen-bond acceptors (Lipinski definition) is 5. The van der Waals surface area contributed by atoms with Crippen molar-refractivity contribution in [2.24, 2.45) is 0 Å². The lowest BCUT2D eigenvalue weighted by Gasteiger charge is -2.25. The first kappa shape index (κ1) is 8.65. The summed E-state index contributed by atoms with van der Waals surface area (Å²) >= 11 is 0. The number of hydrogen-bond donors (Lipinski definition) is 0. The number of ether oxygens (including phenoxy) is 1. The van der Waals surface area contributed by atoms with Crippen molar-refractivity contribution in [3.63, 3.8) is 0 Å². The Morgan fingerprint density at radius 1 is 1.31 bits per heavy atom. The van der Waals surface area contributed by atoms with Gasteiger partial charge in [0.25, 0.3) is 0 Å². The van der Waals surface area contributed by atoms with E-state index in [1.807, 2.05) is 6.92 Å². The lowest BCUT2D eigenvalue weighted by Crippen LogP contribution is -2.35. The molecule has 0 N–H and O–H groups in total. The van der Waals surface area contributed by atoms with Crippen LogP contribution in [0.3, 0.4) is 0 Å². The zero-order valence-corrected chi connectivity index (χ0v) is 7.69. The molecule has 0 bridgehead atoms. The molecule has 1 saturated heterocycles. The molecule has 1 aliphatic heterocycles. The topological polar surface area (TPSA) is 51.4 Å². The Hall–Kier alpha value is -0.940. The molecule has 5 heteroatoms. The maximum Gasteiger partial charge on any atom is 0.122 e. The molecule has 2 heterocycles. The predicted octanol–water partition coefficient (Wildman–Crippen LogP) is 0.210. The monoisotopic (exact) mass is 183 g/mol. The average molecular weight is 183 g/mol. The molecule has 1 aromatic rings. The number of rotatable bonds is 2. The van der Waals surface area contributed by atoms with E-state index in [-0.39, 0.29) is 0 Å². The van der Waals surface area contributed by atoms with Gasteiger partial charge in [-0.1, -0.05) is 10.3 Å². The van der Waals surface area contributed by atoms with Crippen LogP contribution in [0, 0.1) is 6.92 Å². The molecule has 0 spiro atoms. The summed E-state index contributed by atoms with van der Waals surface area (Å²) in [5.41, 5.74) is 1.81. The van der Waals surface area contributed by atoms with E-state index in [1.54, 1.807) is 0 Å². The fourth-order valence-corrected chi connectivity index (χ4v) is 1.36. The van der Waals surface area contributed by atoms with Gasteiger partial charge in [-0.25, -0.2) is 4.63 Å². The zero-order chi connectivity index (χ0) is 9.10. The van der Waals surface area contributed by atoms with Crippen molar-refractivity contribution < 1.29 is 9.37 Å². The molecular weight excluding hydrogens is 170 g/mol. The Kier molecular flexibility index (Phi) is 2.56. The lowest BCUT2D eigenvalue weighted by atomic mass is 10.3. The molecule has 72 valence electrons. The van der Waals surface area contributed by atoms with Gasteiger partial charge in [-0.2, -0.15) is 0 Å². The van der Waals surface area contributed by atoms with Crippen molar-refractivity contribution in [2.75, 3.05) is 26.3 Å². The Morgan fingerprint density at radius 3 is 2.69 bits per heavy atom. The molecule has 1 aliphatic rings. The molecule has 0 aliphatic carbocycles. The summed E-state index contributed by atoms with van der Waals surface area (Å²) in [7, 11) is 0. The minimum absolute atomic E-state index is 0.810. The molecule has 2 rings (SSSR count). The lowest BCUT2D eigenvalue weighted by molar-refractivity contribution is 0.0331. The number of nitrogens with zero attached hydrogens (tertiary/aromatic N) is 3. The molecule has 1 aromatic heterocycles. The molecule has 0 saturated carbocycles. The summed E-state index contributed by atoms with van der Waals surface area (Å²) in [4.78, 5) is 2.29. The molecule has 0 radical (unpaired) electrons. The van der Waals surface area contributed by atoms with Crippen molar-refractivity contribution in [2.45, 2.75) is 13.5 Å². The normalized spacial score (nSPS) is 19.2. The van der Waals surface area contributed by atoms with E-state index in [0.717, 1.165) is 44.2 Å². The molecule has 1 fully saturated rings. The van der Waals surface area contributed by atoms with Crippen LogP contribution >= 0.6 is 0 Å². The summed E-state index contributed by atoms with van der Waals surface area (Å²) in [6.45, 7) is 6.28. The second-order valence-corrected chi connectivity index (χ2v) is 3.18. The van der Waals surface area contributed by atoms with Crippen LogP contribution in [0.5, 0.6) is 0 Å². The van der Waals surface area contributed by atoms with Gasteiger partial charge in [0.15, 0.2) is 0 Å². The maximum atomic E-state index is 5.25. The number of morpholine rings is 1. The van der Waals surface area contributed by atoms with Crippen molar-refractivity contribution in [1.82, 2.24) is 15.2 Å². The number of aromatic nitrogens is 2. The Bertz CT molecular complexity index is 268. The smallest absolute Gasteiger partial charge is 0.122 e. The summed E-state index contributed by atoms with van der Waals surface area (Å²) < 4.78 is 9.88. The standard InChI is InChI=1S/C8H13N3O2/c1-7-8(10-13-9-7)6-11-2-4-12-5-3-11/h2-6H2,1H3. The second-order valence-electron chi connectivity index (χ2n) is 3.18. The highest BCUT2D eigenvalue weighted by Crippen LogP contribution is 2.06.